The largest absolute Gasteiger partial charge is 0.478 e. The van der Waals surface area contributed by atoms with Gasteiger partial charge < -0.3 is 9.84 Å². The summed E-state index contributed by atoms with van der Waals surface area (Å²) in [5, 5.41) is 8.77. The molecule has 0 radical (unpaired) electrons. The number of nitrogens with one attached hydrogen (secondary N) is 1. The molecule has 1 rings (SSSR count). The van der Waals surface area contributed by atoms with E-state index in [0.29, 0.717) is 19.3 Å². The third kappa shape index (κ3) is 6.78. The van der Waals surface area contributed by atoms with Crippen LogP contribution in [0.1, 0.15) is 43.0 Å². The molecule has 0 saturated carbocycles. The summed E-state index contributed by atoms with van der Waals surface area (Å²) < 4.78 is 30.7. The van der Waals surface area contributed by atoms with Gasteiger partial charge in [0.15, 0.2) is 0 Å². The van der Waals surface area contributed by atoms with E-state index in [9.17, 15) is 22.8 Å². The van der Waals surface area contributed by atoms with E-state index in [1.165, 1.54) is 6.92 Å². The average molecular weight is 358 g/mol. The summed E-state index contributed by atoms with van der Waals surface area (Å²) in [4.78, 5) is 32.8. The molecule has 0 heterocycles. The second-order valence-electron chi connectivity index (χ2n) is 5.01. The molecule has 24 heavy (non-hydrogen) atoms. The molecule has 1 amide bonds. The van der Waals surface area contributed by atoms with Crippen molar-refractivity contribution in [3.05, 3.63) is 29.8 Å². The summed E-state index contributed by atoms with van der Waals surface area (Å²) in [6.07, 6.45) is 1.69. The van der Waals surface area contributed by atoms with Crippen LogP contribution in [0.25, 0.3) is 0 Å². The SMILES string of the molecule is C[13C](=O)OCCCCCC(=O)NS(=O)(=O)c1ccc(C(=O)O)cc1. The number of carbonyl (C=O) groups excluding carboxylic acids is 2. The van der Waals surface area contributed by atoms with Gasteiger partial charge in [0, 0.05) is 13.3 Å². The lowest BCUT2D eigenvalue weighted by atomic mass is 10.2. The van der Waals surface area contributed by atoms with E-state index >= 15 is 0 Å². The highest BCUT2D eigenvalue weighted by atomic mass is 32.2. The number of sulfonamides is 1. The summed E-state index contributed by atoms with van der Waals surface area (Å²) >= 11 is 0. The lowest BCUT2D eigenvalue weighted by Gasteiger charge is -2.07. The van der Waals surface area contributed by atoms with Gasteiger partial charge in [-0.25, -0.2) is 17.9 Å². The molecule has 0 atom stereocenters. The van der Waals surface area contributed by atoms with Gasteiger partial charge in [0.2, 0.25) is 5.91 Å². The quantitative estimate of drug-likeness (QED) is 0.387. The molecule has 0 saturated heterocycles. The van der Waals surface area contributed by atoms with Crippen LogP contribution in [0.3, 0.4) is 0 Å². The van der Waals surface area contributed by atoms with Crippen molar-refractivity contribution >= 4 is 27.9 Å². The minimum Gasteiger partial charge on any atom is -0.478 e. The fraction of sp³-hybridized carbons (Fsp3) is 0.400. The Bertz CT molecular complexity index is 695. The summed E-state index contributed by atoms with van der Waals surface area (Å²) in [5.41, 5.74) is -0.0481. The number of carboxylic acid groups (broad SMARTS) is 1. The van der Waals surface area contributed by atoms with Crippen molar-refractivity contribution in [2.45, 2.75) is 37.5 Å². The van der Waals surface area contributed by atoms with Gasteiger partial charge in [0.05, 0.1) is 17.1 Å². The topological polar surface area (TPSA) is 127 Å². The van der Waals surface area contributed by atoms with Gasteiger partial charge in [-0.15, -0.1) is 0 Å². The number of carboxylic acids is 1. The molecule has 0 aliphatic carbocycles. The summed E-state index contributed by atoms with van der Waals surface area (Å²) in [7, 11) is -4.02. The van der Waals surface area contributed by atoms with Gasteiger partial charge in [0.1, 0.15) is 0 Å². The molecule has 0 bridgehead atoms. The highest BCUT2D eigenvalue weighted by Gasteiger charge is 2.17. The number of aromatic carboxylic acids is 1. The molecular formula is C15H19NO7S. The Morgan fingerprint density at radius 1 is 1.08 bits per heavy atom. The van der Waals surface area contributed by atoms with Crippen molar-refractivity contribution in [1.29, 1.82) is 0 Å². The molecule has 9 heteroatoms. The number of unbranched alkanes of at least 4 members (excludes halogenated alkanes) is 2. The molecule has 0 spiro atoms. The van der Waals surface area contributed by atoms with Crippen molar-refractivity contribution in [2.24, 2.45) is 0 Å². The second-order valence-corrected chi connectivity index (χ2v) is 6.69. The first kappa shape index (κ1) is 19.6. The van der Waals surface area contributed by atoms with Crippen LogP contribution in [0.4, 0.5) is 0 Å². The molecule has 2 N–H and O–H groups in total. The van der Waals surface area contributed by atoms with Gasteiger partial charge in [-0.1, -0.05) is 0 Å². The predicted octanol–water partition coefficient (Wildman–Crippen LogP) is 1.31. The minimum atomic E-state index is -4.02. The van der Waals surface area contributed by atoms with Crippen LogP contribution in [0.5, 0.6) is 0 Å². The lowest BCUT2D eigenvalue weighted by molar-refractivity contribution is -0.141. The van der Waals surface area contributed by atoms with E-state index in [2.05, 4.69) is 0 Å². The standard InChI is InChI=1S/C15H19NO7S/c1-11(17)23-10-4-2-3-5-14(18)16-24(21,22)13-8-6-12(7-9-13)15(19)20/h6-9H,2-5,10H2,1H3,(H,16,18)(H,19,20)/i11+1. The normalized spacial score (nSPS) is 10.9. The second kappa shape index (κ2) is 9.02. The molecule has 1 aromatic rings. The third-order valence-corrected chi connectivity index (χ3v) is 4.40. The molecule has 0 aromatic heterocycles. The Hall–Kier alpha value is -2.42. The number of hydrogen-bond acceptors (Lipinski definition) is 6. The first-order chi connectivity index (χ1) is 11.2. The highest BCUT2D eigenvalue weighted by molar-refractivity contribution is 7.90. The first-order valence-corrected chi connectivity index (χ1v) is 8.73. The number of esters is 1. The van der Waals surface area contributed by atoms with Gasteiger partial charge in [-0.2, -0.15) is 0 Å². The van der Waals surface area contributed by atoms with E-state index in [1.54, 1.807) is 0 Å². The molecule has 8 nitrogen and oxygen atoms in total. The van der Waals surface area contributed by atoms with Crippen molar-refractivity contribution < 1.29 is 32.6 Å². The fourth-order valence-electron chi connectivity index (χ4n) is 1.82. The molecule has 0 aliphatic rings. The molecule has 0 aliphatic heterocycles. The number of amides is 1. The van der Waals surface area contributed by atoms with Gasteiger partial charge in [-0.05, 0) is 43.5 Å². The predicted molar refractivity (Wildman–Crippen MR) is 83.8 cm³/mol. The molecule has 1 aromatic carbocycles. The molecule has 0 unspecified atom stereocenters. The van der Waals surface area contributed by atoms with Crippen molar-refractivity contribution in [2.75, 3.05) is 6.61 Å². The van der Waals surface area contributed by atoms with E-state index in [0.717, 1.165) is 24.3 Å². The fourth-order valence-corrected chi connectivity index (χ4v) is 2.83. The van der Waals surface area contributed by atoms with Gasteiger partial charge in [0.25, 0.3) is 10.0 Å². The zero-order chi connectivity index (χ0) is 18.2. The third-order valence-electron chi connectivity index (χ3n) is 3.01. The maximum absolute atomic E-state index is 12.0. The maximum atomic E-state index is 12.0. The van der Waals surface area contributed by atoms with Crippen LogP contribution >= 0.6 is 0 Å². The summed E-state index contributed by atoms with van der Waals surface area (Å²) in [6.45, 7) is 1.58. The van der Waals surface area contributed by atoms with E-state index in [1.807, 2.05) is 4.72 Å². The first-order valence-electron chi connectivity index (χ1n) is 7.25. The highest BCUT2D eigenvalue weighted by Crippen LogP contribution is 2.11. The monoisotopic (exact) mass is 358 g/mol. The lowest BCUT2D eigenvalue weighted by Crippen LogP contribution is -2.30. The zero-order valence-electron chi connectivity index (χ0n) is 13.1. The minimum absolute atomic E-state index is 0.0203. The van der Waals surface area contributed by atoms with Crippen LogP contribution in [0.2, 0.25) is 0 Å². The van der Waals surface area contributed by atoms with Gasteiger partial charge in [-0.3, -0.25) is 9.59 Å². The van der Waals surface area contributed by atoms with Gasteiger partial charge >= 0.3 is 11.9 Å². The Kier molecular flexibility index (Phi) is 7.37. The van der Waals surface area contributed by atoms with Crippen LogP contribution in [-0.4, -0.2) is 38.0 Å². The molecular weight excluding hydrogens is 339 g/mol. The number of hydrogen-bond donors (Lipinski definition) is 2. The van der Waals surface area contributed by atoms with Crippen molar-refractivity contribution in [3.8, 4) is 0 Å². The van der Waals surface area contributed by atoms with E-state index in [4.69, 9.17) is 9.84 Å². The maximum Gasteiger partial charge on any atom is 0.335 e. The Balaban J connectivity index is 2.44. The zero-order valence-corrected chi connectivity index (χ0v) is 14.0. The Labute approximate surface area is 139 Å². The Morgan fingerprint density at radius 3 is 2.25 bits per heavy atom. The molecule has 132 valence electrons. The number of carbonyl (C=O) groups is 3. The van der Waals surface area contributed by atoms with Crippen LogP contribution < -0.4 is 4.72 Å². The van der Waals surface area contributed by atoms with E-state index in [-0.39, 0.29) is 29.5 Å². The summed E-state index contributed by atoms with van der Waals surface area (Å²) in [5.74, 6) is -2.19. The van der Waals surface area contributed by atoms with Crippen LogP contribution in [0.15, 0.2) is 29.2 Å². The number of rotatable bonds is 9. The van der Waals surface area contributed by atoms with Crippen LogP contribution in [0, 0.1) is 0 Å². The van der Waals surface area contributed by atoms with E-state index < -0.39 is 21.9 Å². The van der Waals surface area contributed by atoms with Crippen molar-refractivity contribution in [1.82, 2.24) is 4.72 Å². The van der Waals surface area contributed by atoms with Crippen molar-refractivity contribution in [3.63, 3.8) is 0 Å². The number of ether oxygens (including phenoxy) is 1. The number of benzene rings is 1. The average Bonchev–Trinajstić information content (AvgIpc) is 2.50. The Morgan fingerprint density at radius 2 is 1.71 bits per heavy atom. The van der Waals surface area contributed by atoms with Crippen LogP contribution in [-0.2, 0) is 24.3 Å². The smallest absolute Gasteiger partial charge is 0.335 e. The molecule has 0 fully saturated rings. The summed E-state index contributed by atoms with van der Waals surface area (Å²) in [6, 6.07) is 4.54.